The Labute approximate surface area is 155 Å². The molecule has 2 aliphatic heterocycles. The minimum atomic E-state index is -1.83. The molecule has 0 aromatic heterocycles. The van der Waals surface area contributed by atoms with Gasteiger partial charge >= 0.3 is 5.69 Å². The molecule has 5 rings (SSSR count). The molecule has 1 spiro atoms. The molecule has 2 bridgehead atoms. The molecule has 8 nitrogen and oxygen atoms in total. The number of phenolic OH excluding ortho intramolecular Hbond substituents is 1. The highest BCUT2D eigenvalue weighted by molar-refractivity contribution is 5.89. The molecule has 8 heteroatoms. The van der Waals surface area contributed by atoms with Crippen LogP contribution < -0.4 is 4.74 Å². The lowest BCUT2D eigenvalue weighted by atomic mass is 9.51. The molecule has 5 atom stereocenters. The number of ketones is 1. The van der Waals surface area contributed by atoms with Gasteiger partial charge in [-0.05, 0) is 45.0 Å². The third kappa shape index (κ3) is 1.73. The first kappa shape index (κ1) is 16.7. The first-order valence-corrected chi connectivity index (χ1v) is 9.05. The topological polar surface area (TPSA) is 113 Å². The molecule has 1 aromatic rings. The molecular weight excluding hydrogens is 352 g/mol. The van der Waals surface area contributed by atoms with Gasteiger partial charge in [-0.3, -0.25) is 14.9 Å². The van der Waals surface area contributed by atoms with Crippen molar-refractivity contribution in [2.75, 3.05) is 13.6 Å². The summed E-state index contributed by atoms with van der Waals surface area (Å²) >= 11 is 0. The van der Waals surface area contributed by atoms with Gasteiger partial charge in [0.2, 0.25) is 5.75 Å². The number of ether oxygens (including phenoxy) is 1. The van der Waals surface area contributed by atoms with E-state index in [-0.39, 0.29) is 17.7 Å². The third-order valence-corrected chi connectivity index (χ3v) is 7.09. The molecule has 2 heterocycles. The maximum absolute atomic E-state index is 12.3. The van der Waals surface area contributed by atoms with Crippen LogP contribution >= 0.6 is 0 Å². The van der Waals surface area contributed by atoms with Crippen LogP contribution in [0.15, 0.2) is 18.2 Å². The zero-order valence-electron chi connectivity index (χ0n) is 15.0. The van der Waals surface area contributed by atoms with Crippen LogP contribution in [-0.2, 0) is 16.6 Å². The highest BCUT2D eigenvalue weighted by atomic mass is 16.6. The number of carbonyl (C=O) groups is 1. The minimum absolute atomic E-state index is 0.00418. The summed E-state index contributed by atoms with van der Waals surface area (Å²) in [6.07, 6.45) is 3.73. The lowest BCUT2D eigenvalue weighted by Gasteiger charge is -2.58. The Kier molecular flexibility index (Phi) is 3.02. The number of piperidine rings is 1. The molecule has 27 heavy (non-hydrogen) atoms. The number of nitro benzene ring substituents is 1. The summed E-state index contributed by atoms with van der Waals surface area (Å²) in [5.74, 6) is -0.915. The highest BCUT2D eigenvalue weighted by Crippen LogP contribution is 2.65. The maximum atomic E-state index is 12.3. The second-order valence-corrected chi connectivity index (χ2v) is 8.17. The number of carbonyl (C=O) groups excluding carboxylic acids is 1. The van der Waals surface area contributed by atoms with Crippen molar-refractivity contribution in [3.8, 4) is 11.5 Å². The van der Waals surface area contributed by atoms with Crippen LogP contribution in [0.5, 0.6) is 11.5 Å². The average molecular weight is 372 g/mol. The van der Waals surface area contributed by atoms with Gasteiger partial charge in [0.15, 0.2) is 17.1 Å². The van der Waals surface area contributed by atoms with E-state index in [1.54, 1.807) is 0 Å². The van der Waals surface area contributed by atoms with Gasteiger partial charge in [0.1, 0.15) is 6.10 Å². The van der Waals surface area contributed by atoms with E-state index in [0.717, 1.165) is 17.7 Å². The van der Waals surface area contributed by atoms with Crippen molar-refractivity contribution in [3.05, 3.63) is 39.5 Å². The van der Waals surface area contributed by atoms with E-state index >= 15 is 0 Å². The van der Waals surface area contributed by atoms with E-state index in [1.807, 2.05) is 13.1 Å². The van der Waals surface area contributed by atoms with Crippen molar-refractivity contribution in [1.29, 1.82) is 0 Å². The Bertz CT molecular complexity index is 943. The van der Waals surface area contributed by atoms with Crippen molar-refractivity contribution in [3.63, 3.8) is 0 Å². The number of rotatable bonds is 2. The fraction of sp³-hybridized carbons (Fsp3) is 0.526. The molecule has 0 saturated carbocycles. The Morgan fingerprint density at radius 3 is 2.89 bits per heavy atom. The normalized spacial score (nSPS) is 38.3. The van der Waals surface area contributed by atoms with E-state index in [2.05, 4.69) is 4.90 Å². The number of hydrogen-bond acceptors (Lipinski definition) is 7. The summed E-state index contributed by atoms with van der Waals surface area (Å²) in [5.41, 5.74) is -1.43. The first-order chi connectivity index (χ1) is 12.7. The molecule has 0 unspecified atom stereocenters. The van der Waals surface area contributed by atoms with Crippen LogP contribution in [0, 0.1) is 16.0 Å². The number of likely N-dealkylation sites (tertiary alicyclic amines) is 1. The number of likely N-dealkylation sites (N-methyl/N-ethyl adjacent to an activating group) is 1. The number of hydrogen-bond donors (Lipinski definition) is 2. The average Bonchev–Trinajstić information content (AvgIpc) is 2.97. The fourth-order valence-corrected chi connectivity index (χ4v) is 5.80. The SMILES string of the molecule is CC(=O)[C@]1(O)C=C[C@H]2[C@H]3Cc4cc([N+](=O)[O-])c(O)c5c4[C@@]2(CCN3C)[C@H]1O5. The summed E-state index contributed by atoms with van der Waals surface area (Å²) in [5, 5.41) is 33.2. The maximum Gasteiger partial charge on any atom is 0.314 e. The lowest BCUT2D eigenvalue weighted by Crippen LogP contribution is -2.69. The van der Waals surface area contributed by atoms with Crippen molar-refractivity contribution in [1.82, 2.24) is 4.90 Å². The summed E-state index contributed by atoms with van der Waals surface area (Å²) in [4.78, 5) is 25.4. The van der Waals surface area contributed by atoms with Gasteiger partial charge in [0.25, 0.3) is 0 Å². The van der Waals surface area contributed by atoms with Crippen molar-refractivity contribution >= 4 is 11.5 Å². The monoisotopic (exact) mass is 372 g/mol. The van der Waals surface area contributed by atoms with Crippen LogP contribution in [0.2, 0.25) is 0 Å². The number of aromatic hydroxyl groups is 1. The number of benzene rings is 1. The standard InChI is InChI=1S/C19H20N2O6/c1-9(22)19(24)4-3-11-12-7-10-8-13(21(25)26)15(23)16-14(10)18(11,17(19)27-16)5-6-20(12)2/h3-4,8,11-12,17,23-24H,5-7H2,1-2H3/t11-,12+,17+,18-,19+/m0/s1. The second kappa shape index (κ2) is 4.88. The van der Waals surface area contributed by atoms with Gasteiger partial charge in [-0.25, -0.2) is 0 Å². The largest absolute Gasteiger partial charge is 0.500 e. The number of nitro groups is 1. The van der Waals surface area contributed by atoms with Crippen LogP contribution in [0.25, 0.3) is 0 Å². The van der Waals surface area contributed by atoms with Crippen molar-refractivity contribution in [2.24, 2.45) is 5.92 Å². The molecular formula is C19H20N2O6. The zero-order chi connectivity index (χ0) is 19.3. The van der Waals surface area contributed by atoms with Crippen LogP contribution in [0.1, 0.15) is 24.5 Å². The molecule has 142 valence electrons. The fourth-order valence-electron chi connectivity index (χ4n) is 5.80. The summed E-state index contributed by atoms with van der Waals surface area (Å²) < 4.78 is 6.02. The quantitative estimate of drug-likeness (QED) is 0.453. The molecule has 1 fully saturated rings. The van der Waals surface area contributed by atoms with Crippen molar-refractivity contribution < 1.29 is 24.7 Å². The second-order valence-electron chi connectivity index (χ2n) is 8.17. The highest BCUT2D eigenvalue weighted by Gasteiger charge is 2.69. The smallest absolute Gasteiger partial charge is 0.314 e. The molecule has 2 N–H and O–H groups in total. The predicted molar refractivity (Wildman–Crippen MR) is 93.9 cm³/mol. The Hall–Kier alpha value is -2.45. The lowest BCUT2D eigenvalue weighted by molar-refractivity contribution is -0.386. The van der Waals surface area contributed by atoms with Crippen LogP contribution in [0.3, 0.4) is 0 Å². The van der Waals surface area contributed by atoms with Crippen LogP contribution in [-0.4, -0.2) is 57.2 Å². The predicted octanol–water partition coefficient (Wildman–Crippen LogP) is 1.07. The molecule has 0 amide bonds. The minimum Gasteiger partial charge on any atom is -0.500 e. The number of nitrogens with zero attached hydrogens (tertiary/aromatic N) is 2. The van der Waals surface area contributed by atoms with E-state index in [1.165, 1.54) is 19.1 Å². The molecule has 1 aromatic carbocycles. The van der Waals surface area contributed by atoms with Gasteiger partial charge in [-0.1, -0.05) is 6.08 Å². The van der Waals surface area contributed by atoms with Crippen molar-refractivity contribution in [2.45, 2.75) is 42.9 Å². The van der Waals surface area contributed by atoms with Crippen LogP contribution in [0.4, 0.5) is 5.69 Å². The molecule has 1 saturated heterocycles. The van der Waals surface area contributed by atoms with Gasteiger partial charge < -0.3 is 19.8 Å². The Balaban J connectivity index is 1.85. The number of phenols is 1. The van der Waals surface area contributed by atoms with E-state index < -0.39 is 39.3 Å². The molecule has 4 aliphatic rings. The van der Waals surface area contributed by atoms with E-state index in [0.29, 0.717) is 12.8 Å². The zero-order valence-corrected chi connectivity index (χ0v) is 15.0. The Morgan fingerprint density at radius 2 is 2.22 bits per heavy atom. The van der Waals surface area contributed by atoms with Gasteiger partial charge in [0, 0.05) is 29.0 Å². The summed E-state index contributed by atoms with van der Waals surface area (Å²) in [6.45, 7) is 2.06. The van der Waals surface area contributed by atoms with E-state index in [9.17, 15) is 25.1 Å². The Morgan fingerprint density at radius 1 is 1.48 bits per heavy atom. The van der Waals surface area contributed by atoms with Gasteiger partial charge in [-0.15, -0.1) is 0 Å². The molecule has 2 aliphatic carbocycles. The number of Topliss-reactive ketones (excluding diaryl/α,β-unsaturated/α-hetero) is 1. The van der Waals surface area contributed by atoms with Gasteiger partial charge in [-0.2, -0.15) is 0 Å². The molecule has 0 radical (unpaired) electrons. The first-order valence-electron chi connectivity index (χ1n) is 9.05. The summed E-state index contributed by atoms with van der Waals surface area (Å²) in [7, 11) is 2.02. The summed E-state index contributed by atoms with van der Waals surface area (Å²) in [6, 6.07) is 1.51. The number of aliphatic hydroxyl groups is 1. The van der Waals surface area contributed by atoms with E-state index in [4.69, 9.17) is 4.74 Å². The van der Waals surface area contributed by atoms with Gasteiger partial charge in [0.05, 0.1) is 4.92 Å². The third-order valence-electron chi connectivity index (χ3n) is 7.09.